The Bertz CT molecular complexity index is 1490. The lowest BCUT2D eigenvalue weighted by Crippen LogP contribution is -2.32. The van der Waals surface area contributed by atoms with E-state index in [0.29, 0.717) is 29.2 Å². The van der Waals surface area contributed by atoms with Crippen LogP contribution in [0.15, 0.2) is 107 Å². The molecule has 4 aromatic rings. The molecule has 0 spiro atoms. The van der Waals surface area contributed by atoms with Gasteiger partial charge in [-0.2, -0.15) is 0 Å². The maximum Gasteiger partial charge on any atom is 0.259 e. The lowest BCUT2D eigenvalue weighted by Gasteiger charge is -2.25. The number of halogens is 1. The third-order valence-electron chi connectivity index (χ3n) is 7.14. The number of unbranched alkanes of at least 4 members (excludes halogenated alkanes) is 1. The number of nitrogens with zero attached hydrogens (tertiary/aromatic N) is 2. The molecule has 0 atom stereocenters. The highest BCUT2D eigenvalue weighted by Crippen LogP contribution is 2.42. The van der Waals surface area contributed by atoms with Crippen molar-refractivity contribution in [3.8, 4) is 0 Å². The third kappa shape index (κ3) is 7.13. The first-order valence-corrected chi connectivity index (χ1v) is 15.3. The third-order valence-corrected chi connectivity index (χ3v) is 8.53. The first-order chi connectivity index (χ1) is 20.0. The van der Waals surface area contributed by atoms with E-state index in [1.807, 2.05) is 72.8 Å². The van der Waals surface area contributed by atoms with Crippen LogP contribution < -0.4 is 15.1 Å². The minimum absolute atomic E-state index is 0.0903. The summed E-state index contributed by atoms with van der Waals surface area (Å²) in [6.45, 7) is 5.00. The Kier molecular flexibility index (Phi) is 9.65. The van der Waals surface area contributed by atoms with Gasteiger partial charge in [-0.3, -0.25) is 9.59 Å². The predicted molar refractivity (Wildman–Crippen MR) is 169 cm³/mol. The number of hydrogen-bond acceptors (Lipinski definition) is 4. The van der Waals surface area contributed by atoms with E-state index in [1.54, 1.807) is 16.7 Å². The zero-order chi connectivity index (χ0) is 28.6. The molecule has 1 heterocycles. The minimum atomic E-state index is -0.140. The number of nitrogens with one attached hydrogen (secondary N) is 1. The molecule has 41 heavy (non-hydrogen) atoms. The number of carbonyl (C=O) groups is 2. The molecular formula is C34H34ClN3O2S. The highest BCUT2D eigenvalue weighted by molar-refractivity contribution is 7.99. The van der Waals surface area contributed by atoms with Gasteiger partial charge in [-0.05, 0) is 73.0 Å². The number of benzene rings is 4. The molecule has 0 radical (unpaired) electrons. The molecule has 0 fully saturated rings. The van der Waals surface area contributed by atoms with Crippen molar-refractivity contribution in [2.45, 2.75) is 42.5 Å². The van der Waals surface area contributed by atoms with Crippen molar-refractivity contribution in [2.75, 3.05) is 29.4 Å². The molecule has 1 aliphatic heterocycles. The Morgan fingerprint density at radius 3 is 2.39 bits per heavy atom. The molecular weight excluding hydrogens is 550 g/mol. The van der Waals surface area contributed by atoms with Crippen molar-refractivity contribution < 1.29 is 9.59 Å². The molecule has 1 aliphatic rings. The van der Waals surface area contributed by atoms with Crippen LogP contribution in [0.1, 0.15) is 52.5 Å². The first-order valence-electron chi connectivity index (χ1n) is 14.1. The van der Waals surface area contributed by atoms with E-state index in [4.69, 9.17) is 11.6 Å². The molecule has 4 aromatic carbocycles. The first kappa shape index (κ1) is 28.8. The summed E-state index contributed by atoms with van der Waals surface area (Å²) in [5.74, 6) is -0.231. The summed E-state index contributed by atoms with van der Waals surface area (Å²) in [6.07, 6.45) is 3.10. The average molecular weight is 584 g/mol. The van der Waals surface area contributed by atoms with Gasteiger partial charge in [0.2, 0.25) is 0 Å². The highest BCUT2D eigenvalue weighted by Gasteiger charge is 2.28. The van der Waals surface area contributed by atoms with Crippen molar-refractivity contribution in [3.05, 3.63) is 119 Å². The van der Waals surface area contributed by atoms with E-state index in [2.05, 4.69) is 41.4 Å². The summed E-state index contributed by atoms with van der Waals surface area (Å²) >= 11 is 7.66. The number of carbonyl (C=O) groups excluding carboxylic acids is 2. The van der Waals surface area contributed by atoms with E-state index >= 15 is 0 Å². The monoisotopic (exact) mass is 583 g/mol. The van der Waals surface area contributed by atoms with Crippen LogP contribution in [0, 0.1) is 0 Å². The van der Waals surface area contributed by atoms with E-state index < -0.39 is 0 Å². The van der Waals surface area contributed by atoms with Gasteiger partial charge in [-0.25, -0.2) is 0 Å². The lowest BCUT2D eigenvalue weighted by atomic mass is 10.1. The quantitative estimate of drug-likeness (QED) is 0.181. The number of anilines is 2. The lowest BCUT2D eigenvalue weighted by molar-refractivity contribution is 0.0949. The smallest absolute Gasteiger partial charge is 0.259 e. The number of amides is 2. The van der Waals surface area contributed by atoms with Crippen molar-refractivity contribution in [3.63, 3.8) is 0 Å². The van der Waals surface area contributed by atoms with Crippen molar-refractivity contribution in [1.29, 1.82) is 0 Å². The highest BCUT2D eigenvalue weighted by atomic mass is 35.5. The number of hydrogen-bond donors (Lipinski definition) is 1. The standard InChI is InChI=1S/C34H34ClN3O2S/c1-2-3-21-37(28-10-5-4-6-11-28)22-9-20-36-33(39)26-16-19-32-30(23-26)38(24-25-14-17-27(35)18-15-25)34(40)29-12-7-8-13-31(29)41-32/h4-8,10-19,23H,2-3,9,20-22,24H2,1H3,(H,36,39). The fourth-order valence-corrected chi connectivity index (χ4v) is 6.11. The minimum Gasteiger partial charge on any atom is -0.371 e. The summed E-state index contributed by atoms with van der Waals surface area (Å²) in [5.41, 5.74) is 4.09. The average Bonchev–Trinajstić information content (AvgIpc) is 3.12. The van der Waals surface area contributed by atoms with Crippen LogP contribution in [0.5, 0.6) is 0 Å². The van der Waals surface area contributed by atoms with Crippen LogP contribution >= 0.6 is 23.4 Å². The van der Waals surface area contributed by atoms with Gasteiger partial charge in [0.25, 0.3) is 11.8 Å². The molecule has 5 nitrogen and oxygen atoms in total. The van der Waals surface area contributed by atoms with E-state index in [0.717, 1.165) is 53.4 Å². The zero-order valence-corrected chi connectivity index (χ0v) is 24.8. The van der Waals surface area contributed by atoms with Crippen LogP contribution in [-0.2, 0) is 6.54 Å². The molecule has 0 aliphatic carbocycles. The topological polar surface area (TPSA) is 52.7 Å². The fourth-order valence-electron chi connectivity index (χ4n) is 4.92. The molecule has 210 valence electrons. The summed E-state index contributed by atoms with van der Waals surface area (Å²) in [4.78, 5) is 33.0. The maximum atomic E-state index is 13.8. The van der Waals surface area contributed by atoms with Crippen molar-refractivity contribution in [2.24, 2.45) is 0 Å². The molecule has 0 aromatic heterocycles. The SMILES string of the molecule is CCCCN(CCCNC(=O)c1ccc2c(c1)N(Cc1ccc(Cl)cc1)C(=O)c1ccccc1S2)c1ccccc1. The zero-order valence-electron chi connectivity index (χ0n) is 23.2. The summed E-state index contributed by atoms with van der Waals surface area (Å²) in [7, 11) is 0. The van der Waals surface area contributed by atoms with Gasteiger partial charge >= 0.3 is 0 Å². The maximum absolute atomic E-state index is 13.8. The largest absolute Gasteiger partial charge is 0.371 e. The summed E-state index contributed by atoms with van der Waals surface area (Å²) in [5, 5.41) is 3.74. The van der Waals surface area contributed by atoms with E-state index in [-0.39, 0.29) is 11.8 Å². The Balaban J connectivity index is 1.31. The van der Waals surface area contributed by atoms with Gasteiger partial charge < -0.3 is 15.1 Å². The molecule has 2 amide bonds. The number of rotatable bonds is 11. The normalized spacial score (nSPS) is 12.3. The second-order valence-corrected chi connectivity index (χ2v) is 11.6. The molecule has 1 N–H and O–H groups in total. The second kappa shape index (κ2) is 13.7. The second-order valence-electron chi connectivity index (χ2n) is 10.1. The van der Waals surface area contributed by atoms with Gasteiger partial charge in [0.05, 0.1) is 17.8 Å². The Hall–Kier alpha value is -3.74. The van der Waals surface area contributed by atoms with E-state index in [1.165, 1.54) is 5.69 Å². The van der Waals surface area contributed by atoms with Crippen molar-refractivity contribution in [1.82, 2.24) is 5.32 Å². The van der Waals surface area contributed by atoms with Crippen LogP contribution in [0.25, 0.3) is 0 Å². The molecule has 7 heteroatoms. The number of fused-ring (bicyclic) bond motifs is 2. The molecule has 0 saturated heterocycles. The van der Waals surface area contributed by atoms with Crippen LogP contribution in [0.4, 0.5) is 11.4 Å². The molecule has 5 rings (SSSR count). The summed E-state index contributed by atoms with van der Waals surface area (Å²) in [6, 6.07) is 31.2. The van der Waals surface area contributed by atoms with Gasteiger partial charge in [0.15, 0.2) is 0 Å². The Labute approximate surface area is 251 Å². The molecule has 0 unspecified atom stereocenters. The van der Waals surface area contributed by atoms with Gasteiger partial charge in [0, 0.05) is 45.7 Å². The number of para-hydroxylation sites is 1. The summed E-state index contributed by atoms with van der Waals surface area (Å²) < 4.78 is 0. The van der Waals surface area contributed by atoms with Gasteiger partial charge in [-0.15, -0.1) is 0 Å². The molecule has 0 bridgehead atoms. The van der Waals surface area contributed by atoms with Crippen molar-refractivity contribution >= 4 is 46.6 Å². The van der Waals surface area contributed by atoms with Crippen LogP contribution in [0.3, 0.4) is 0 Å². The Morgan fingerprint density at radius 1 is 0.878 bits per heavy atom. The Morgan fingerprint density at radius 2 is 1.61 bits per heavy atom. The van der Waals surface area contributed by atoms with Gasteiger partial charge in [-0.1, -0.05) is 79.2 Å². The van der Waals surface area contributed by atoms with Crippen LogP contribution in [-0.4, -0.2) is 31.4 Å². The van der Waals surface area contributed by atoms with Gasteiger partial charge in [0.1, 0.15) is 0 Å². The van der Waals surface area contributed by atoms with Crippen LogP contribution in [0.2, 0.25) is 5.02 Å². The predicted octanol–water partition coefficient (Wildman–Crippen LogP) is 8.08. The van der Waals surface area contributed by atoms with E-state index in [9.17, 15) is 9.59 Å². The molecule has 0 saturated carbocycles. The fraction of sp³-hybridized carbons (Fsp3) is 0.235.